The fourth-order valence-electron chi connectivity index (χ4n) is 2.99. The molecule has 3 rings (SSSR count). The first-order valence-electron chi connectivity index (χ1n) is 7.75. The highest BCUT2D eigenvalue weighted by atomic mass is 16.2. The zero-order valence-electron chi connectivity index (χ0n) is 13.1. The van der Waals surface area contributed by atoms with Crippen LogP contribution < -0.4 is 5.69 Å². The Kier molecular flexibility index (Phi) is 4.02. The van der Waals surface area contributed by atoms with E-state index in [0.717, 1.165) is 37.2 Å². The van der Waals surface area contributed by atoms with Crippen LogP contribution in [0.3, 0.4) is 0 Å². The Balaban J connectivity index is 1.72. The van der Waals surface area contributed by atoms with Crippen LogP contribution in [-0.2, 0) is 11.3 Å². The summed E-state index contributed by atoms with van der Waals surface area (Å²) in [5, 5.41) is 0. The fraction of sp³-hybridized carbons (Fsp3) is 0.500. The molecule has 0 radical (unpaired) electrons. The highest BCUT2D eigenvalue weighted by Crippen LogP contribution is 2.11. The van der Waals surface area contributed by atoms with Gasteiger partial charge >= 0.3 is 5.69 Å². The van der Waals surface area contributed by atoms with Gasteiger partial charge in [0.2, 0.25) is 5.91 Å². The van der Waals surface area contributed by atoms with Gasteiger partial charge in [-0.25, -0.2) is 4.79 Å². The Labute approximate surface area is 129 Å². The first kappa shape index (κ1) is 14.8. The molecular formula is C16H22N4O2. The van der Waals surface area contributed by atoms with E-state index >= 15 is 0 Å². The molecule has 0 bridgehead atoms. The lowest BCUT2D eigenvalue weighted by Gasteiger charge is -2.36. The second-order valence-electron chi connectivity index (χ2n) is 6.04. The molecule has 2 aromatic rings. The van der Waals surface area contributed by atoms with Gasteiger partial charge in [0.25, 0.3) is 0 Å². The molecule has 6 heteroatoms. The van der Waals surface area contributed by atoms with Crippen molar-refractivity contribution in [3.8, 4) is 0 Å². The minimum Gasteiger partial charge on any atom is -0.339 e. The summed E-state index contributed by atoms with van der Waals surface area (Å²) >= 11 is 0. The lowest BCUT2D eigenvalue weighted by molar-refractivity contribution is -0.133. The molecule has 0 saturated carbocycles. The van der Waals surface area contributed by atoms with Crippen molar-refractivity contribution in [2.75, 3.05) is 26.2 Å². The number of fused-ring (bicyclic) bond motifs is 1. The molecule has 0 spiro atoms. The SMILES string of the molecule is CC(C)N1CCN(C(=O)Cn2c(=O)[nH]c3ccccc32)CC1. The molecule has 118 valence electrons. The summed E-state index contributed by atoms with van der Waals surface area (Å²) in [6, 6.07) is 7.96. The van der Waals surface area contributed by atoms with Crippen molar-refractivity contribution in [2.24, 2.45) is 0 Å². The Morgan fingerprint density at radius 2 is 1.86 bits per heavy atom. The van der Waals surface area contributed by atoms with Crippen LogP contribution in [0.5, 0.6) is 0 Å². The number of piperazine rings is 1. The normalized spacial score (nSPS) is 16.6. The van der Waals surface area contributed by atoms with E-state index in [1.807, 2.05) is 29.2 Å². The van der Waals surface area contributed by atoms with Crippen molar-refractivity contribution >= 4 is 16.9 Å². The van der Waals surface area contributed by atoms with Crippen molar-refractivity contribution in [2.45, 2.75) is 26.4 Å². The maximum atomic E-state index is 12.5. The van der Waals surface area contributed by atoms with Gasteiger partial charge in [-0.1, -0.05) is 12.1 Å². The van der Waals surface area contributed by atoms with Crippen molar-refractivity contribution < 1.29 is 4.79 Å². The van der Waals surface area contributed by atoms with E-state index in [4.69, 9.17) is 0 Å². The summed E-state index contributed by atoms with van der Waals surface area (Å²) in [6.07, 6.45) is 0. The maximum Gasteiger partial charge on any atom is 0.326 e. The number of nitrogens with one attached hydrogen (secondary N) is 1. The Hall–Kier alpha value is -2.08. The van der Waals surface area contributed by atoms with Gasteiger partial charge in [-0.3, -0.25) is 14.3 Å². The van der Waals surface area contributed by atoms with Gasteiger partial charge in [-0.05, 0) is 26.0 Å². The van der Waals surface area contributed by atoms with Gasteiger partial charge in [0.15, 0.2) is 0 Å². The summed E-state index contributed by atoms with van der Waals surface area (Å²) in [5.41, 5.74) is 1.32. The number of aromatic amines is 1. The first-order chi connectivity index (χ1) is 10.6. The number of hydrogen-bond donors (Lipinski definition) is 1. The monoisotopic (exact) mass is 302 g/mol. The van der Waals surface area contributed by atoms with Crippen LogP contribution in [0.15, 0.2) is 29.1 Å². The molecule has 1 amide bonds. The maximum absolute atomic E-state index is 12.5. The lowest BCUT2D eigenvalue weighted by Crippen LogP contribution is -2.51. The molecule has 1 aromatic heterocycles. The van der Waals surface area contributed by atoms with Gasteiger partial charge in [-0.2, -0.15) is 0 Å². The molecule has 22 heavy (non-hydrogen) atoms. The Morgan fingerprint density at radius 1 is 1.18 bits per heavy atom. The van der Waals surface area contributed by atoms with Gasteiger partial charge in [0.1, 0.15) is 6.54 Å². The van der Waals surface area contributed by atoms with Gasteiger partial charge in [0, 0.05) is 32.2 Å². The summed E-state index contributed by atoms with van der Waals surface area (Å²) in [6.45, 7) is 7.69. The minimum absolute atomic E-state index is 0.00950. The summed E-state index contributed by atoms with van der Waals surface area (Å²) in [4.78, 5) is 31.5. The number of carbonyl (C=O) groups excluding carboxylic acids is 1. The van der Waals surface area contributed by atoms with Crippen molar-refractivity contribution in [1.82, 2.24) is 19.4 Å². The quantitative estimate of drug-likeness (QED) is 0.915. The predicted octanol–water partition coefficient (Wildman–Crippen LogP) is 0.882. The molecular weight excluding hydrogens is 280 g/mol. The van der Waals surface area contributed by atoms with E-state index in [9.17, 15) is 9.59 Å². The van der Waals surface area contributed by atoms with Crippen LogP contribution >= 0.6 is 0 Å². The van der Waals surface area contributed by atoms with E-state index in [2.05, 4.69) is 23.7 Å². The smallest absolute Gasteiger partial charge is 0.326 e. The van der Waals surface area contributed by atoms with E-state index in [1.165, 1.54) is 4.57 Å². The van der Waals surface area contributed by atoms with Crippen LogP contribution in [0.25, 0.3) is 11.0 Å². The lowest BCUT2D eigenvalue weighted by atomic mass is 10.2. The molecule has 1 aromatic carbocycles. The third kappa shape index (κ3) is 2.78. The summed E-state index contributed by atoms with van der Waals surface area (Å²) < 4.78 is 1.52. The minimum atomic E-state index is -0.227. The average molecular weight is 302 g/mol. The van der Waals surface area contributed by atoms with Crippen LogP contribution in [0.1, 0.15) is 13.8 Å². The summed E-state index contributed by atoms with van der Waals surface area (Å²) in [7, 11) is 0. The van der Waals surface area contributed by atoms with Crippen LogP contribution in [-0.4, -0.2) is 57.5 Å². The number of imidazole rings is 1. The molecule has 1 N–H and O–H groups in total. The van der Waals surface area contributed by atoms with Crippen molar-refractivity contribution in [3.63, 3.8) is 0 Å². The van der Waals surface area contributed by atoms with Crippen LogP contribution in [0.4, 0.5) is 0 Å². The average Bonchev–Trinajstić information content (AvgIpc) is 2.83. The highest BCUT2D eigenvalue weighted by molar-refractivity contribution is 5.80. The molecule has 1 aliphatic rings. The number of amides is 1. The van der Waals surface area contributed by atoms with Crippen molar-refractivity contribution in [1.29, 1.82) is 0 Å². The molecule has 1 saturated heterocycles. The third-order valence-corrected chi connectivity index (χ3v) is 4.37. The van der Waals surface area contributed by atoms with Crippen LogP contribution in [0.2, 0.25) is 0 Å². The Bertz CT molecular complexity index is 723. The third-order valence-electron chi connectivity index (χ3n) is 4.37. The molecule has 1 fully saturated rings. The topological polar surface area (TPSA) is 61.3 Å². The summed E-state index contributed by atoms with van der Waals surface area (Å²) in [5.74, 6) is 0.00950. The zero-order valence-corrected chi connectivity index (χ0v) is 13.1. The van der Waals surface area contributed by atoms with Gasteiger partial charge in [0.05, 0.1) is 11.0 Å². The van der Waals surface area contributed by atoms with E-state index in [1.54, 1.807) is 0 Å². The standard InChI is InChI=1S/C16H22N4O2/c1-12(2)18-7-9-19(10-8-18)15(21)11-20-14-6-4-3-5-13(14)17-16(20)22/h3-6,12H,7-11H2,1-2H3,(H,17,22). The molecule has 0 aliphatic carbocycles. The largest absolute Gasteiger partial charge is 0.339 e. The number of hydrogen-bond acceptors (Lipinski definition) is 3. The van der Waals surface area contributed by atoms with Gasteiger partial charge in [-0.15, -0.1) is 0 Å². The van der Waals surface area contributed by atoms with Crippen molar-refractivity contribution in [3.05, 3.63) is 34.7 Å². The van der Waals surface area contributed by atoms with E-state index in [-0.39, 0.29) is 18.1 Å². The zero-order chi connectivity index (χ0) is 15.7. The Morgan fingerprint density at radius 3 is 2.55 bits per heavy atom. The second kappa shape index (κ2) is 5.96. The fourth-order valence-corrected chi connectivity index (χ4v) is 2.99. The van der Waals surface area contributed by atoms with E-state index in [0.29, 0.717) is 6.04 Å². The number of benzene rings is 1. The van der Waals surface area contributed by atoms with Gasteiger partial charge < -0.3 is 9.88 Å². The van der Waals surface area contributed by atoms with Crippen LogP contribution in [0, 0.1) is 0 Å². The molecule has 0 unspecified atom stereocenters. The predicted molar refractivity (Wildman–Crippen MR) is 85.8 cm³/mol. The highest BCUT2D eigenvalue weighted by Gasteiger charge is 2.23. The number of H-pyrrole nitrogens is 1. The number of nitrogens with zero attached hydrogens (tertiary/aromatic N) is 3. The molecule has 6 nitrogen and oxygen atoms in total. The molecule has 1 aliphatic heterocycles. The number of rotatable bonds is 3. The first-order valence-corrected chi connectivity index (χ1v) is 7.75. The molecule has 0 atom stereocenters. The number of para-hydroxylation sites is 2. The number of carbonyl (C=O) groups is 1. The van der Waals surface area contributed by atoms with E-state index < -0.39 is 0 Å². The molecule has 2 heterocycles. The number of aromatic nitrogens is 2. The second-order valence-corrected chi connectivity index (χ2v) is 6.04.